The van der Waals surface area contributed by atoms with E-state index in [1.165, 1.54) is 0 Å². The molecule has 2 rings (SSSR count). The second-order valence-corrected chi connectivity index (χ2v) is 4.85. The molecule has 0 spiro atoms. The number of aromatic nitrogens is 1. The minimum atomic E-state index is -0.802. The van der Waals surface area contributed by atoms with Crippen molar-refractivity contribution in [3.05, 3.63) is 29.6 Å². The van der Waals surface area contributed by atoms with Crippen molar-refractivity contribution in [2.45, 2.75) is 39.2 Å². The number of carbonyl (C=O) groups is 1. The molecule has 0 radical (unpaired) electrons. The summed E-state index contributed by atoms with van der Waals surface area (Å²) in [6, 6.07) is 7.90. The number of carbonyl (C=O) groups excluding carboxylic acids is 1. The van der Waals surface area contributed by atoms with Gasteiger partial charge in [0.25, 0.3) is 0 Å². The van der Waals surface area contributed by atoms with Gasteiger partial charge in [-0.25, -0.2) is 0 Å². The SMILES string of the molecule is Cc1cccc(CNC(=O)C2(C#N)CCCC2)n1. The van der Waals surface area contributed by atoms with E-state index in [-0.39, 0.29) is 5.91 Å². The van der Waals surface area contributed by atoms with Gasteiger partial charge < -0.3 is 5.32 Å². The van der Waals surface area contributed by atoms with E-state index in [1.807, 2.05) is 25.1 Å². The fourth-order valence-corrected chi connectivity index (χ4v) is 2.41. The van der Waals surface area contributed by atoms with Gasteiger partial charge in [-0.15, -0.1) is 0 Å². The summed E-state index contributed by atoms with van der Waals surface area (Å²) in [5, 5.41) is 12.0. The highest BCUT2D eigenvalue weighted by atomic mass is 16.2. The number of rotatable bonds is 3. The molecular formula is C14H17N3O. The minimum Gasteiger partial charge on any atom is -0.349 e. The summed E-state index contributed by atoms with van der Waals surface area (Å²) in [5.74, 6) is -0.147. The molecule has 1 N–H and O–H groups in total. The zero-order chi connectivity index (χ0) is 13.0. The van der Waals surface area contributed by atoms with Gasteiger partial charge in [0.2, 0.25) is 5.91 Å². The fraction of sp³-hybridized carbons (Fsp3) is 0.500. The second kappa shape index (κ2) is 5.18. The maximum atomic E-state index is 12.1. The molecule has 1 heterocycles. The van der Waals surface area contributed by atoms with Crippen molar-refractivity contribution in [1.29, 1.82) is 5.26 Å². The average molecular weight is 243 g/mol. The number of nitrogens with one attached hydrogen (secondary N) is 1. The molecule has 0 bridgehead atoms. The van der Waals surface area contributed by atoms with E-state index in [0.717, 1.165) is 24.2 Å². The molecule has 0 aromatic carbocycles. The van der Waals surface area contributed by atoms with Crippen LogP contribution in [0.3, 0.4) is 0 Å². The van der Waals surface area contributed by atoms with Crippen molar-refractivity contribution in [2.24, 2.45) is 5.41 Å². The van der Waals surface area contributed by atoms with Crippen LogP contribution in [0.15, 0.2) is 18.2 Å². The van der Waals surface area contributed by atoms with E-state index in [4.69, 9.17) is 0 Å². The standard InChI is InChI=1S/C14H17N3O/c1-11-5-4-6-12(17-11)9-16-13(18)14(10-15)7-2-3-8-14/h4-6H,2-3,7-9H2,1H3,(H,16,18). The van der Waals surface area contributed by atoms with E-state index < -0.39 is 5.41 Å². The maximum Gasteiger partial charge on any atom is 0.240 e. The minimum absolute atomic E-state index is 0.147. The Morgan fingerprint density at radius 3 is 2.83 bits per heavy atom. The molecule has 1 aromatic heterocycles. The van der Waals surface area contributed by atoms with E-state index in [0.29, 0.717) is 19.4 Å². The van der Waals surface area contributed by atoms with Gasteiger partial charge >= 0.3 is 0 Å². The molecule has 1 aliphatic carbocycles. The molecule has 18 heavy (non-hydrogen) atoms. The Bertz CT molecular complexity index is 484. The van der Waals surface area contributed by atoms with Crippen LogP contribution in [0.25, 0.3) is 0 Å². The van der Waals surface area contributed by atoms with Gasteiger partial charge in [-0.2, -0.15) is 5.26 Å². The topological polar surface area (TPSA) is 65.8 Å². The quantitative estimate of drug-likeness (QED) is 0.884. The van der Waals surface area contributed by atoms with E-state index >= 15 is 0 Å². The van der Waals surface area contributed by atoms with Crippen LogP contribution in [0.1, 0.15) is 37.1 Å². The van der Waals surface area contributed by atoms with Crippen molar-refractivity contribution in [1.82, 2.24) is 10.3 Å². The number of hydrogen-bond donors (Lipinski definition) is 1. The molecule has 0 unspecified atom stereocenters. The third-order valence-corrected chi connectivity index (χ3v) is 3.48. The van der Waals surface area contributed by atoms with Gasteiger partial charge in [-0.05, 0) is 31.9 Å². The van der Waals surface area contributed by atoms with Crippen LogP contribution >= 0.6 is 0 Å². The van der Waals surface area contributed by atoms with Crippen molar-refractivity contribution in [2.75, 3.05) is 0 Å². The van der Waals surface area contributed by atoms with Crippen LogP contribution in [0.4, 0.5) is 0 Å². The highest BCUT2D eigenvalue weighted by Gasteiger charge is 2.41. The summed E-state index contributed by atoms with van der Waals surface area (Å²) in [4.78, 5) is 16.4. The third kappa shape index (κ3) is 2.51. The molecule has 0 saturated heterocycles. The van der Waals surface area contributed by atoms with Gasteiger partial charge in [0.05, 0.1) is 18.3 Å². The van der Waals surface area contributed by atoms with E-state index in [1.54, 1.807) is 0 Å². The summed E-state index contributed by atoms with van der Waals surface area (Å²) in [6.07, 6.45) is 3.28. The summed E-state index contributed by atoms with van der Waals surface area (Å²) in [5.41, 5.74) is 0.955. The summed E-state index contributed by atoms with van der Waals surface area (Å²) in [7, 11) is 0. The Balaban J connectivity index is 1.98. The van der Waals surface area contributed by atoms with Crippen LogP contribution in [0, 0.1) is 23.7 Å². The average Bonchev–Trinajstić information content (AvgIpc) is 2.86. The van der Waals surface area contributed by atoms with Crippen molar-refractivity contribution in [3.8, 4) is 6.07 Å². The lowest BCUT2D eigenvalue weighted by Crippen LogP contribution is -2.38. The molecule has 4 heteroatoms. The smallest absolute Gasteiger partial charge is 0.240 e. The van der Waals surface area contributed by atoms with Crippen LogP contribution in [-0.4, -0.2) is 10.9 Å². The van der Waals surface area contributed by atoms with Gasteiger partial charge in [0.15, 0.2) is 0 Å². The lowest BCUT2D eigenvalue weighted by atomic mass is 9.87. The predicted molar refractivity (Wildman–Crippen MR) is 67.3 cm³/mol. The monoisotopic (exact) mass is 243 g/mol. The highest BCUT2D eigenvalue weighted by Crippen LogP contribution is 2.37. The van der Waals surface area contributed by atoms with Crippen LogP contribution in [0.2, 0.25) is 0 Å². The first-order valence-electron chi connectivity index (χ1n) is 6.28. The van der Waals surface area contributed by atoms with Crippen molar-refractivity contribution in [3.63, 3.8) is 0 Å². The van der Waals surface area contributed by atoms with Gasteiger partial charge in [0, 0.05) is 5.69 Å². The Morgan fingerprint density at radius 2 is 2.22 bits per heavy atom. The van der Waals surface area contributed by atoms with Crippen molar-refractivity contribution >= 4 is 5.91 Å². The number of nitrogens with zero attached hydrogens (tertiary/aromatic N) is 2. The van der Waals surface area contributed by atoms with Crippen LogP contribution in [-0.2, 0) is 11.3 Å². The molecular weight excluding hydrogens is 226 g/mol. The highest BCUT2D eigenvalue weighted by molar-refractivity contribution is 5.85. The zero-order valence-corrected chi connectivity index (χ0v) is 10.6. The van der Waals surface area contributed by atoms with Gasteiger partial charge in [-0.3, -0.25) is 9.78 Å². The van der Waals surface area contributed by atoms with Gasteiger partial charge in [0.1, 0.15) is 5.41 Å². The van der Waals surface area contributed by atoms with Crippen LogP contribution in [0.5, 0.6) is 0 Å². The van der Waals surface area contributed by atoms with Crippen LogP contribution < -0.4 is 5.32 Å². The molecule has 94 valence electrons. The second-order valence-electron chi connectivity index (χ2n) is 4.85. The number of aryl methyl sites for hydroxylation is 1. The Morgan fingerprint density at radius 1 is 1.50 bits per heavy atom. The first-order chi connectivity index (χ1) is 8.66. The molecule has 1 saturated carbocycles. The summed E-state index contributed by atoms with van der Waals surface area (Å²) >= 11 is 0. The first-order valence-corrected chi connectivity index (χ1v) is 6.28. The van der Waals surface area contributed by atoms with Crippen molar-refractivity contribution < 1.29 is 4.79 Å². The lowest BCUT2D eigenvalue weighted by molar-refractivity contribution is -0.128. The fourth-order valence-electron chi connectivity index (χ4n) is 2.41. The first kappa shape index (κ1) is 12.6. The molecule has 1 aliphatic rings. The molecule has 0 atom stereocenters. The third-order valence-electron chi connectivity index (χ3n) is 3.48. The number of nitriles is 1. The maximum absolute atomic E-state index is 12.1. The molecule has 1 aromatic rings. The lowest BCUT2D eigenvalue weighted by Gasteiger charge is -2.19. The number of amides is 1. The predicted octanol–water partition coefficient (Wildman–Crippen LogP) is 2.09. The van der Waals surface area contributed by atoms with Gasteiger partial charge in [-0.1, -0.05) is 18.9 Å². The Labute approximate surface area is 107 Å². The largest absolute Gasteiger partial charge is 0.349 e. The normalized spacial score (nSPS) is 17.1. The summed E-state index contributed by atoms with van der Waals surface area (Å²) < 4.78 is 0. The molecule has 0 aliphatic heterocycles. The number of hydrogen-bond acceptors (Lipinski definition) is 3. The molecule has 1 amide bonds. The molecule has 1 fully saturated rings. The number of pyridine rings is 1. The summed E-state index contributed by atoms with van der Waals surface area (Å²) in [6.45, 7) is 2.31. The zero-order valence-electron chi connectivity index (χ0n) is 10.6. The van der Waals surface area contributed by atoms with E-state index in [9.17, 15) is 10.1 Å². The molecule has 4 nitrogen and oxygen atoms in total. The Hall–Kier alpha value is -1.89. The Kier molecular flexibility index (Phi) is 3.61. The van der Waals surface area contributed by atoms with E-state index in [2.05, 4.69) is 16.4 Å².